The van der Waals surface area contributed by atoms with Crippen molar-refractivity contribution >= 4 is 0 Å². The van der Waals surface area contributed by atoms with E-state index < -0.39 is 0 Å². The highest BCUT2D eigenvalue weighted by atomic mass is 16.3. The molecule has 0 saturated heterocycles. The van der Waals surface area contributed by atoms with Gasteiger partial charge in [-0.05, 0) is 23.2 Å². The minimum Gasteiger partial charge on any atom is -0.508 e. The van der Waals surface area contributed by atoms with Gasteiger partial charge >= 0.3 is 0 Å². The van der Waals surface area contributed by atoms with Gasteiger partial charge in [-0.2, -0.15) is 0 Å². The van der Waals surface area contributed by atoms with E-state index in [1.165, 1.54) is 0 Å². The van der Waals surface area contributed by atoms with Gasteiger partial charge in [-0.15, -0.1) is 0 Å². The Balaban J connectivity index is 2.79. The highest BCUT2D eigenvalue weighted by Crippen LogP contribution is 2.11. The third-order valence-electron chi connectivity index (χ3n) is 1.23. The van der Waals surface area contributed by atoms with Crippen LogP contribution in [0.2, 0.25) is 0 Å². The molecule has 1 N–H and O–H groups in total. The van der Waals surface area contributed by atoms with Gasteiger partial charge in [-0.25, -0.2) is 0 Å². The molecule has 56 valence electrons. The van der Waals surface area contributed by atoms with Gasteiger partial charge < -0.3 is 5.11 Å². The maximum Gasteiger partial charge on any atom is 0.115 e. The Morgan fingerprint density at radius 2 is 2.36 bits per heavy atom. The molecule has 0 spiro atoms. The molecule has 0 heterocycles. The Bertz CT molecular complexity index is 291. The number of aromatic hydroxyl groups is 1. The summed E-state index contributed by atoms with van der Waals surface area (Å²) < 4.78 is 0. The molecule has 11 heavy (non-hydrogen) atoms. The molecule has 0 saturated carbocycles. The van der Waals surface area contributed by atoms with Crippen molar-refractivity contribution in [2.75, 3.05) is 0 Å². The van der Waals surface area contributed by atoms with Crippen LogP contribution < -0.4 is 0 Å². The average Bonchev–Trinajstić information content (AvgIpc) is 2.01. The van der Waals surface area contributed by atoms with Gasteiger partial charge in [-0.3, -0.25) is 0 Å². The lowest BCUT2D eigenvalue weighted by Crippen LogP contribution is -1.77. The molecule has 0 atom stereocenters. The molecule has 0 bridgehead atoms. The van der Waals surface area contributed by atoms with Crippen LogP contribution in [-0.2, 0) is 6.54 Å². The molecule has 0 aliphatic carbocycles. The first-order valence-corrected chi connectivity index (χ1v) is 3.11. The number of benzene rings is 1. The zero-order valence-electron chi connectivity index (χ0n) is 5.81. The SMILES string of the molecule is [N-]=[N+]=NCc1cccc(O)c1. The van der Waals surface area contributed by atoms with Crippen LogP contribution in [0.4, 0.5) is 0 Å². The van der Waals surface area contributed by atoms with Crippen LogP contribution in [-0.4, -0.2) is 5.11 Å². The molecule has 1 rings (SSSR count). The molecule has 0 aliphatic heterocycles. The second-order valence-corrected chi connectivity index (χ2v) is 2.06. The van der Waals surface area contributed by atoms with E-state index in [1.807, 2.05) is 0 Å². The average molecular weight is 149 g/mol. The Labute approximate surface area is 63.7 Å². The van der Waals surface area contributed by atoms with E-state index in [1.54, 1.807) is 24.3 Å². The van der Waals surface area contributed by atoms with Crippen molar-refractivity contribution in [3.8, 4) is 5.75 Å². The summed E-state index contributed by atoms with van der Waals surface area (Å²) in [5.74, 6) is 0.190. The zero-order valence-corrected chi connectivity index (χ0v) is 5.81. The molecular weight excluding hydrogens is 142 g/mol. The number of phenols is 1. The van der Waals surface area contributed by atoms with E-state index in [4.69, 9.17) is 10.6 Å². The lowest BCUT2D eigenvalue weighted by molar-refractivity contribution is 0.474. The van der Waals surface area contributed by atoms with Gasteiger partial charge in [0.15, 0.2) is 0 Å². The molecule has 0 unspecified atom stereocenters. The lowest BCUT2D eigenvalue weighted by atomic mass is 10.2. The summed E-state index contributed by atoms with van der Waals surface area (Å²) in [4.78, 5) is 2.60. The second kappa shape index (κ2) is 3.49. The van der Waals surface area contributed by atoms with Gasteiger partial charge in [0, 0.05) is 4.91 Å². The number of nitrogens with zero attached hydrogens (tertiary/aromatic N) is 3. The fraction of sp³-hybridized carbons (Fsp3) is 0.143. The molecule has 4 nitrogen and oxygen atoms in total. The molecule has 4 heteroatoms. The normalized spacial score (nSPS) is 8.73. The first-order valence-electron chi connectivity index (χ1n) is 3.11. The summed E-state index contributed by atoms with van der Waals surface area (Å²) in [7, 11) is 0. The zero-order chi connectivity index (χ0) is 8.10. The van der Waals surface area contributed by atoms with E-state index in [0.29, 0.717) is 0 Å². The van der Waals surface area contributed by atoms with Crippen LogP contribution in [0.25, 0.3) is 10.4 Å². The van der Waals surface area contributed by atoms with Crippen molar-refractivity contribution in [3.63, 3.8) is 0 Å². The van der Waals surface area contributed by atoms with E-state index in [-0.39, 0.29) is 12.3 Å². The topological polar surface area (TPSA) is 69.0 Å². The van der Waals surface area contributed by atoms with Crippen LogP contribution in [0.3, 0.4) is 0 Å². The Morgan fingerprint density at radius 3 is 3.00 bits per heavy atom. The molecule has 1 aromatic rings. The van der Waals surface area contributed by atoms with Crippen LogP contribution in [0.15, 0.2) is 29.4 Å². The third kappa shape index (κ3) is 2.20. The minimum atomic E-state index is 0.190. The summed E-state index contributed by atoms with van der Waals surface area (Å²) in [5, 5.41) is 12.3. The number of rotatable bonds is 2. The lowest BCUT2D eigenvalue weighted by Gasteiger charge is -1.94. The maximum atomic E-state index is 8.98. The molecule has 1 aromatic carbocycles. The molecule has 0 aliphatic rings. The fourth-order valence-corrected chi connectivity index (χ4v) is 0.768. The highest BCUT2D eigenvalue weighted by molar-refractivity contribution is 5.26. The van der Waals surface area contributed by atoms with Gasteiger partial charge in [0.1, 0.15) is 5.75 Å². The second-order valence-electron chi connectivity index (χ2n) is 2.06. The van der Waals surface area contributed by atoms with Crippen LogP contribution >= 0.6 is 0 Å². The predicted octanol–water partition coefficient (Wildman–Crippen LogP) is 2.20. The van der Waals surface area contributed by atoms with Crippen molar-refractivity contribution in [1.29, 1.82) is 0 Å². The maximum absolute atomic E-state index is 8.98. The predicted molar refractivity (Wildman–Crippen MR) is 41.0 cm³/mol. The molecule has 0 amide bonds. The summed E-state index contributed by atoms with van der Waals surface area (Å²) >= 11 is 0. The Morgan fingerprint density at radius 1 is 1.55 bits per heavy atom. The van der Waals surface area contributed by atoms with Crippen molar-refractivity contribution in [2.24, 2.45) is 5.11 Å². The number of phenolic OH excluding ortho intramolecular Hbond substituents is 1. The van der Waals surface area contributed by atoms with Gasteiger partial charge in [0.25, 0.3) is 0 Å². The summed E-state index contributed by atoms with van der Waals surface area (Å²) in [6.07, 6.45) is 0. The van der Waals surface area contributed by atoms with E-state index in [2.05, 4.69) is 10.0 Å². The molecule has 0 radical (unpaired) electrons. The van der Waals surface area contributed by atoms with Crippen molar-refractivity contribution in [1.82, 2.24) is 0 Å². The molecular formula is C7H7N3O. The number of hydrogen-bond acceptors (Lipinski definition) is 2. The highest BCUT2D eigenvalue weighted by Gasteiger charge is 1.90. The Kier molecular flexibility index (Phi) is 2.36. The molecule has 0 fully saturated rings. The van der Waals surface area contributed by atoms with Gasteiger partial charge in [0.05, 0.1) is 6.54 Å². The third-order valence-corrected chi connectivity index (χ3v) is 1.23. The smallest absolute Gasteiger partial charge is 0.115 e. The summed E-state index contributed by atoms with van der Waals surface area (Å²) in [5.41, 5.74) is 8.80. The quantitative estimate of drug-likeness (QED) is 0.391. The van der Waals surface area contributed by atoms with Crippen LogP contribution in [0, 0.1) is 0 Å². The summed E-state index contributed by atoms with van der Waals surface area (Å²) in [6, 6.07) is 6.63. The van der Waals surface area contributed by atoms with Crippen molar-refractivity contribution < 1.29 is 5.11 Å². The largest absolute Gasteiger partial charge is 0.508 e. The fourth-order valence-electron chi connectivity index (χ4n) is 0.768. The first-order chi connectivity index (χ1) is 5.33. The van der Waals surface area contributed by atoms with E-state index in [9.17, 15) is 0 Å². The Hall–Kier alpha value is -1.67. The van der Waals surface area contributed by atoms with E-state index in [0.717, 1.165) is 5.56 Å². The van der Waals surface area contributed by atoms with Crippen LogP contribution in [0.1, 0.15) is 5.56 Å². The molecule has 0 aromatic heterocycles. The minimum absolute atomic E-state index is 0.190. The number of hydrogen-bond donors (Lipinski definition) is 1. The van der Waals surface area contributed by atoms with Crippen molar-refractivity contribution in [2.45, 2.75) is 6.54 Å². The summed E-state index contributed by atoms with van der Waals surface area (Å²) in [6.45, 7) is 0.283. The van der Waals surface area contributed by atoms with Gasteiger partial charge in [-0.1, -0.05) is 17.2 Å². The van der Waals surface area contributed by atoms with Gasteiger partial charge in [0.2, 0.25) is 0 Å². The first kappa shape index (κ1) is 7.44. The van der Waals surface area contributed by atoms with Crippen LogP contribution in [0.5, 0.6) is 5.75 Å². The standard InChI is InChI=1S/C7H7N3O/c8-10-9-5-6-2-1-3-7(11)4-6/h1-4,11H,5H2. The van der Waals surface area contributed by atoms with Crippen molar-refractivity contribution in [3.05, 3.63) is 40.3 Å². The number of azide groups is 1. The monoisotopic (exact) mass is 149 g/mol. The van der Waals surface area contributed by atoms with E-state index >= 15 is 0 Å².